The third-order valence-corrected chi connectivity index (χ3v) is 2.55. The maximum Gasteiger partial charge on any atom is 0.330 e. The summed E-state index contributed by atoms with van der Waals surface area (Å²) in [6.45, 7) is 1.64. The summed E-state index contributed by atoms with van der Waals surface area (Å²) in [6, 6.07) is 10.4. The summed E-state index contributed by atoms with van der Waals surface area (Å²) in [5, 5.41) is 8.65. The lowest BCUT2D eigenvalue weighted by Crippen LogP contribution is -1.95. The Balaban J connectivity index is 2.18. The van der Waals surface area contributed by atoms with Crippen LogP contribution in [0.25, 0.3) is 0 Å². The van der Waals surface area contributed by atoms with Crippen molar-refractivity contribution in [1.82, 2.24) is 0 Å². The largest absolute Gasteiger partial charge is 0.478 e. The fourth-order valence-electron chi connectivity index (χ4n) is 1.52. The monoisotopic (exact) mass is 218 g/mol. The topological polar surface area (TPSA) is 37.3 Å². The van der Waals surface area contributed by atoms with Crippen LogP contribution in [0.2, 0.25) is 0 Å². The minimum atomic E-state index is -0.817. The average molecular weight is 218 g/mol. The number of carbonyl (C=O) groups is 1. The SMILES string of the molecule is C/C(=C\CCCCc1ccccc1)C(=O)O. The van der Waals surface area contributed by atoms with Gasteiger partial charge in [0.25, 0.3) is 0 Å². The zero-order chi connectivity index (χ0) is 11.8. The van der Waals surface area contributed by atoms with Gasteiger partial charge in [0.1, 0.15) is 0 Å². The number of carboxylic acid groups (broad SMARTS) is 1. The van der Waals surface area contributed by atoms with Gasteiger partial charge >= 0.3 is 5.97 Å². The summed E-state index contributed by atoms with van der Waals surface area (Å²) in [4.78, 5) is 10.5. The molecule has 0 fully saturated rings. The lowest BCUT2D eigenvalue weighted by molar-refractivity contribution is -0.132. The molecule has 1 rings (SSSR count). The van der Waals surface area contributed by atoms with Crippen LogP contribution in [-0.2, 0) is 11.2 Å². The fourth-order valence-corrected chi connectivity index (χ4v) is 1.52. The van der Waals surface area contributed by atoms with Crippen molar-refractivity contribution in [2.75, 3.05) is 0 Å². The number of hydrogen-bond donors (Lipinski definition) is 1. The van der Waals surface area contributed by atoms with Gasteiger partial charge in [-0.2, -0.15) is 0 Å². The zero-order valence-corrected chi connectivity index (χ0v) is 9.65. The van der Waals surface area contributed by atoms with Gasteiger partial charge in [0.05, 0.1) is 0 Å². The van der Waals surface area contributed by atoms with Crippen LogP contribution in [0, 0.1) is 0 Å². The highest BCUT2D eigenvalue weighted by molar-refractivity contribution is 5.85. The van der Waals surface area contributed by atoms with Crippen LogP contribution in [0.4, 0.5) is 0 Å². The average Bonchev–Trinajstić information content (AvgIpc) is 2.29. The molecule has 86 valence electrons. The van der Waals surface area contributed by atoms with E-state index in [0.717, 1.165) is 25.7 Å². The first kappa shape index (κ1) is 12.5. The predicted octanol–water partition coefficient (Wildman–Crippen LogP) is 3.43. The summed E-state index contributed by atoms with van der Waals surface area (Å²) in [7, 11) is 0. The molecular formula is C14H18O2. The quantitative estimate of drug-likeness (QED) is 0.586. The first-order valence-electron chi connectivity index (χ1n) is 5.64. The Morgan fingerprint density at radius 3 is 2.56 bits per heavy atom. The molecule has 1 N–H and O–H groups in total. The summed E-state index contributed by atoms with van der Waals surface area (Å²) >= 11 is 0. The second-order valence-electron chi connectivity index (χ2n) is 3.92. The lowest BCUT2D eigenvalue weighted by Gasteiger charge is -1.99. The summed E-state index contributed by atoms with van der Waals surface area (Å²) in [6.07, 6.45) is 5.87. The van der Waals surface area contributed by atoms with Gasteiger partial charge in [-0.15, -0.1) is 0 Å². The molecule has 1 aromatic carbocycles. The summed E-state index contributed by atoms with van der Waals surface area (Å²) in [5.74, 6) is -0.817. The van der Waals surface area contributed by atoms with Crippen molar-refractivity contribution in [2.24, 2.45) is 0 Å². The number of benzene rings is 1. The van der Waals surface area contributed by atoms with Gasteiger partial charge in [0.15, 0.2) is 0 Å². The van der Waals surface area contributed by atoms with E-state index >= 15 is 0 Å². The van der Waals surface area contributed by atoms with E-state index in [0.29, 0.717) is 5.57 Å². The molecule has 16 heavy (non-hydrogen) atoms. The van der Waals surface area contributed by atoms with E-state index in [4.69, 9.17) is 5.11 Å². The van der Waals surface area contributed by atoms with E-state index in [1.54, 1.807) is 13.0 Å². The Bertz CT molecular complexity index is 352. The van der Waals surface area contributed by atoms with Crippen molar-refractivity contribution in [3.05, 3.63) is 47.5 Å². The zero-order valence-electron chi connectivity index (χ0n) is 9.65. The molecule has 0 aromatic heterocycles. The van der Waals surface area contributed by atoms with Crippen LogP contribution in [0.15, 0.2) is 42.0 Å². The Labute approximate surface area is 96.6 Å². The molecule has 0 atom stereocenters. The Morgan fingerprint density at radius 1 is 1.25 bits per heavy atom. The molecule has 0 unspecified atom stereocenters. The molecule has 0 radical (unpaired) electrons. The number of aliphatic carboxylic acids is 1. The first-order valence-corrected chi connectivity index (χ1v) is 5.64. The van der Waals surface area contributed by atoms with E-state index < -0.39 is 5.97 Å². The highest BCUT2D eigenvalue weighted by Crippen LogP contribution is 2.07. The van der Waals surface area contributed by atoms with Crippen LogP contribution >= 0.6 is 0 Å². The molecule has 0 aliphatic rings. The molecule has 0 aliphatic heterocycles. The third kappa shape index (κ3) is 4.78. The Hall–Kier alpha value is -1.57. The van der Waals surface area contributed by atoms with Gasteiger partial charge in [-0.05, 0) is 38.2 Å². The molecular weight excluding hydrogens is 200 g/mol. The Morgan fingerprint density at radius 2 is 1.94 bits per heavy atom. The van der Waals surface area contributed by atoms with Crippen molar-refractivity contribution in [2.45, 2.75) is 32.6 Å². The second-order valence-corrected chi connectivity index (χ2v) is 3.92. The smallest absolute Gasteiger partial charge is 0.330 e. The third-order valence-electron chi connectivity index (χ3n) is 2.55. The molecule has 1 aromatic rings. The van der Waals surface area contributed by atoms with E-state index in [-0.39, 0.29) is 0 Å². The van der Waals surface area contributed by atoms with Crippen LogP contribution in [-0.4, -0.2) is 11.1 Å². The number of unbranched alkanes of at least 4 members (excludes halogenated alkanes) is 2. The summed E-state index contributed by atoms with van der Waals surface area (Å²) < 4.78 is 0. The fraction of sp³-hybridized carbons (Fsp3) is 0.357. The van der Waals surface area contributed by atoms with Crippen LogP contribution in [0.1, 0.15) is 31.7 Å². The second kappa shape index (κ2) is 6.83. The van der Waals surface area contributed by atoms with Crippen molar-refractivity contribution < 1.29 is 9.90 Å². The van der Waals surface area contributed by atoms with Gasteiger partial charge in [-0.1, -0.05) is 36.4 Å². The van der Waals surface area contributed by atoms with Crippen molar-refractivity contribution in [1.29, 1.82) is 0 Å². The molecule has 0 amide bonds. The lowest BCUT2D eigenvalue weighted by atomic mass is 10.1. The molecule has 0 spiro atoms. The molecule has 0 saturated carbocycles. The van der Waals surface area contributed by atoms with Gasteiger partial charge in [-0.3, -0.25) is 0 Å². The van der Waals surface area contributed by atoms with E-state index in [1.165, 1.54) is 5.56 Å². The van der Waals surface area contributed by atoms with Gasteiger partial charge in [-0.25, -0.2) is 4.79 Å². The van der Waals surface area contributed by atoms with Crippen molar-refractivity contribution in [3.8, 4) is 0 Å². The van der Waals surface area contributed by atoms with Crippen molar-refractivity contribution >= 4 is 5.97 Å². The number of hydrogen-bond acceptors (Lipinski definition) is 1. The van der Waals surface area contributed by atoms with Crippen molar-refractivity contribution in [3.63, 3.8) is 0 Å². The molecule has 2 heteroatoms. The van der Waals surface area contributed by atoms with E-state index in [1.807, 2.05) is 18.2 Å². The van der Waals surface area contributed by atoms with Gasteiger partial charge in [0, 0.05) is 5.57 Å². The standard InChI is InChI=1S/C14H18O2/c1-12(14(15)16)8-4-2-5-9-13-10-6-3-7-11-13/h3,6-8,10-11H,2,4-5,9H2,1H3,(H,15,16)/b12-8+. The minimum absolute atomic E-state index is 0.444. The van der Waals surface area contributed by atoms with E-state index in [2.05, 4.69) is 12.1 Å². The van der Waals surface area contributed by atoms with Crippen LogP contribution in [0.5, 0.6) is 0 Å². The van der Waals surface area contributed by atoms with Crippen LogP contribution in [0.3, 0.4) is 0 Å². The highest BCUT2D eigenvalue weighted by Gasteiger charge is 1.97. The van der Waals surface area contributed by atoms with Gasteiger partial charge < -0.3 is 5.11 Å². The van der Waals surface area contributed by atoms with Crippen LogP contribution < -0.4 is 0 Å². The highest BCUT2D eigenvalue weighted by atomic mass is 16.4. The molecule has 0 heterocycles. The van der Waals surface area contributed by atoms with E-state index in [9.17, 15) is 4.79 Å². The maximum absolute atomic E-state index is 10.5. The summed E-state index contributed by atoms with van der Waals surface area (Å²) in [5.41, 5.74) is 1.79. The number of allylic oxidation sites excluding steroid dienone is 1. The molecule has 0 saturated heterocycles. The number of rotatable bonds is 6. The van der Waals surface area contributed by atoms with Gasteiger partial charge in [0.2, 0.25) is 0 Å². The number of aryl methyl sites for hydroxylation is 1. The molecule has 2 nitrogen and oxygen atoms in total. The normalized spacial score (nSPS) is 11.4. The molecule has 0 aliphatic carbocycles. The molecule has 0 bridgehead atoms. The number of carboxylic acids is 1. The maximum atomic E-state index is 10.5. The minimum Gasteiger partial charge on any atom is -0.478 e. The Kier molecular flexibility index (Phi) is 5.34. The predicted molar refractivity (Wildman–Crippen MR) is 65.4 cm³/mol. The first-order chi connectivity index (χ1) is 7.70.